The van der Waals surface area contributed by atoms with Gasteiger partial charge in [-0.1, -0.05) is 6.07 Å². The third kappa shape index (κ3) is 2.91. The Balaban J connectivity index is 1.90. The zero-order valence-electron chi connectivity index (χ0n) is 9.05. The molecule has 0 aliphatic carbocycles. The Bertz CT molecular complexity index is 450. The summed E-state index contributed by atoms with van der Waals surface area (Å²) in [5.74, 6) is 0.145. The van der Waals surface area contributed by atoms with Crippen molar-refractivity contribution >= 4 is 23.7 Å². The highest BCUT2D eigenvalue weighted by Gasteiger charge is 2.25. The molecule has 0 spiro atoms. The number of carbonyl (C=O) groups is 2. The van der Waals surface area contributed by atoms with Crippen LogP contribution in [0.3, 0.4) is 0 Å². The van der Waals surface area contributed by atoms with Gasteiger partial charge in [0.05, 0.1) is 5.75 Å². The maximum absolute atomic E-state index is 11.7. The third-order valence-corrected chi connectivity index (χ3v) is 3.32. The van der Waals surface area contributed by atoms with Gasteiger partial charge in [-0.05, 0) is 18.2 Å². The lowest BCUT2D eigenvalue weighted by atomic mass is 10.3. The summed E-state index contributed by atoms with van der Waals surface area (Å²) in [6.07, 6.45) is 0. The highest BCUT2D eigenvalue weighted by Crippen LogP contribution is 2.22. The van der Waals surface area contributed by atoms with Gasteiger partial charge in [0, 0.05) is 18.0 Å². The van der Waals surface area contributed by atoms with Gasteiger partial charge in [0.25, 0.3) is 0 Å². The predicted molar refractivity (Wildman–Crippen MR) is 63.9 cm³/mol. The van der Waals surface area contributed by atoms with Gasteiger partial charge in [0.2, 0.25) is 5.91 Å². The predicted octanol–water partition coefficient (Wildman–Crippen LogP) is 1.04. The van der Waals surface area contributed by atoms with Crippen LogP contribution in [0, 0.1) is 0 Å². The van der Waals surface area contributed by atoms with Gasteiger partial charge in [-0.25, -0.2) is 4.79 Å². The van der Waals surface area contributed by atoms with Crippen LogP contribution in [0.15, 0.2) is 29.2 Å². The quantitative estimate of drug-likeness (QED) is 0.788. The number of carbonyl (C=O) groups excluding carboxylic acids is 2. The summed E-state index contributed by atoms with van der Waals surface area (Å²) >= 11 is 1.30. The summed E-state index contributed by atoms with van der Waals surface area (Å²) < 4.78 is 0. The van der Waals surface area contributed by atoms with Crippen molar-refractivity contribution in [3.05, 3.63) is 24.3 Å². The Morgan fingerprint density at radius 1 is 1.53 bits per heavy atom. The van der Waals surface area contributed by atoms with Crippen molar-refractivity contribution in [1.29, 1.82) is 0 Å². The first kappa shape index (κ1) is 11.8. The van der Waals surface area contributed by atoms with Crippen molar-refractivity contribution in [2.75, 3.05) is 18.8 Å². The fraction of sp³-hybridized carbons (Fsp3) is 0.273. The molecule has 5 nitrogen and oxygen atoms in total. The molecule has 1 heterocycles. The summed E-state index contributed by atoms with van der Waals surface area (Å²) in [4.78, 5) is 24.9. The maximum Gasteiger partial charge on any atom is 0.324 e. The van der Waals surface area contributed by atoms with Crippen LogP contribution in [0.5, 0.6) is 5.75 Å². The largest absolute Gasteiger partial charge is 0.508 e. The lowest BCUT2D eigenvalue weighted by Gasteiger charge is -2.11. The van der Waals surface area contributed by atoms with E-state index < -0.39 is 0 Å². The Labute approximate surface area is 103 Å². The van der Waals surface area contributed by atoms with Crippen molar-refractivity contribution in [3.63, 3.8) is 0 Å². The number of urea groups is 1. The number of aromatic hydroxyl groups is 1. The number of benzene rings is 1. The molecule has 0 atom stereocenters. The number of rotatable bonds is 3. The minimum absolute atomic E-state index is 0.168. The molecule has 1 aromatic rings. The smallest absolute Gasteiger partial charge is 0.324 e. The van der Waals surface area contributed by atoms with Crippen LogP contribution in [-0.4, -0.2) is 40.8 Å². The van der Waals surface area contributed by atoms with Gasteiger partial charge in [-0.15, -0.1) is 11.8 Å². The Morgan fingerprint density at radius 2 is 2.35 bits per heavy atom. The highest BCUT2D eigenvalue weighted by molar-refractivity contribution is 8.00. The van der Waals surface area contributed by atoms with Gasteiger partial charge in [0.15, 0.2) is 0 Å². The zero-order valence-corrected chi connectivity index (χ0v) is 9.87. The first-order valence-corrected chi connectivity index (χ1v) is 6.15. The summed E-state index contributed by atoms with van der Waals surface area (Å²) in [5.41, 5.74) is 0. The second kappa shape index (κ2) is 5.09. The molecule has 1 aromatic carbocycles. The van der Waals surface area contributed by atoms with Crippen molar-refractivity contribution in [2.24, 2.45) is 0 Å². The number of phenols is 1. The molecule has 17 heavy (non-hydrogen) atoms. The average molecular weight is 252 g/mol. The van der Waals surface area contributed by atoms with E-state index >= 15 is 0 Å². The van der Waals surface area contributed by atoms with Crippen LogP contribution < -0.4 is 5.32 Å². The van der Waals surface area contributed by atoms with Crippen molar-refractivity contribution in [1.82, 2.24) is 10.2 Å². The topological polar surface area (TPSA) is 69.6 Å². The number of imide groups is 1. The fourth-order valence-corrected chi connectivity index (χ4v) is 2.33. The first-order valence-electron chi connectivity index (χ1n) is 5.17. The zero-order chi connectivity index (χ0) is 12.3. The molecule has 90 valence electrons. The minimum Gasteiger partial charge on any atom is -0.508 e. The SMILES string of the molecule is O=C(CSc1cccc(O)c1)N1CCNC1=O. The summed E-state index contributed by atoms with van der Waals surface area (Å²) in [7, 11) is 0. The van der Waals surface area contributed by atoms with Crippen LogP contribution in [0.1, 0.15) is 0 Å². The molecule has 1 fully saturated rings. The Hall–Kier alpha value is -1.69. The van der Waals surface area contributed by atoms with E-state index in [1.165, 1.54) is 16.7 Å². The second-order valence-electron chi connectivity index (χ2n) is 3.56. The number of nitrogens with zero attached hydrogens (tertiary/aromatic N) is 1. The molecule has 0 unspecified atom stereocenters. The minimum atomic E-state index is -0.327. The molecule has 1 saturated heterocycles. The monoisotopic (exact) mass is 252 g/mol. The standard InChI is InChI=1S/C11H12N2O3S/c14-8-2-1-3-9(6-8)17-7-10(15)13-5-4-12-11(13)16/h1-3,6,14H,4-5,7H2,(H,12,16). The second-order valence-corrected chi connectivity index (χ2v) is 4.61. The van der Waals surface area contributed by atoms with Gasteiger partial charge in [-0.3, -0.25) is 9.69 Å². The first-order chi connectivity index (χ1) is 8.16. The van der Waals surface area contributed by atoms with E-state index in [9.17, 15) is 14.7 Å². The van der Waals surface area contributed by atoms with Crippen LogP contribution >= 0.6 is 11.8 Å². The number of thioether (sulfide) groups is 1. The number of hydrogen-bond acceptors (Lipinski definition) is 4. The summed E-state index contributed by atoms with van der Waals surface area (Å²) in [6.45, 7) is 0.944. The van der Waals surface area contributed by atoms with Gasteiger partial charge in [0.1, 0.15) is 5.75 Å². The van der Waals surface area contributed by atoms with Crippen LogP contribution in [0.25, 0.3) is 0 Å². The molecule has 2 N–H and O–H groups in total. The lowest BCUT2D eigenvalue weighted by Crippen LogP contribution is -2.35. The molecule has 6 heteroatoms. The Kier molecular flexibility index (Phi) is 3.53. The molecule has 0 aromatic heterocycles. The van der Waals surface area contributed by atoms with E-state index in [-0.39, 0.29) is 23.4 Å². The number of phenolic OH excluding ortho intramolecular Hbond substituents is 1. The van der Waals surface area contributed by atoms with E-state index in [1.54, 1.807) is 18.2 Å². The molecular weight excluding hydrogens is 240 g/mol. The van der Waals surface area contributed by atoms with E-state index in [1.807, 2.05) is 6.07 Å². The number of amides is 3. The van der Waals surface area contributed by atoms with Crippen molar-refractivity contribution in [2.45, 2.75) is 4.90 Å². The lowest BCUT2D eigenvalue weighted by molar-refractivity contribution is -0.124. The van der Waals surface area contributed by atoms with Crippen LogP contribution in [0.4, 0.5) is 4.79 Å². The van der Waals surface area contributed by atoms with Crippen molar-refractivity contribution < 1.29 is 14.7 Å². The number of hydrogen-bond donors (Lipinski definition) is 2. The molecule has 0 radical (unpaired) electrons. The molecule has 0 bridgehead atoms. The maximum atomic E-state index is 11.7. The van der Waals surface area contributed by atoms with E-state index in [4.69, 9.17) is 0 Å². The molecular formula is C11H12N2O3S. The van der Waals surface area contributed by atoms with Crippen LogP contribution in [-0.2, 0) is 4.79 Å². The van der Waals surface area contributed by atoms with E-state index in [0.29, 0.717) is 13.1 Å². The molecule has 1 aliphatic rings. The highest BCUT2D eigenvalue weighted by atomic mass is 32.2. The summed E-state index contributed by atoms with van der Waals surface area (Å²) in [6, 6.07) is 6.35. The van der Waals surface area contributed by atoms with Gasteiger partial charge < -0.3 is 10.4 Å². The van der Waals surface area contributed by atoms with E-state index in [0.717, 1.165) is 4.90 Å². The number of nitrogens with one attached hydrogen (secondary N) is 1. The van der Waals surface area contributed by atoms with Gasteiger partial charge in [-0.2, -0.15) is 0 Å². The average Bonchev–Trinajstić information content (AvgIpc) is 2.72. The summed E-state index contributed by atoms with van der Waals surface area (Å²) in [5, 5.41) is 11.8. The van der Waals surface area contributed by atoms with E-state index in [2.05, 4.69) is 5.32 Å². The Morgan fingerprint density at radius 3 is 3.00 bits per heavy atom. The third-order valence-electron chi connectivity index (χ3n) is 2.34. The fourth-order valence-electron chi connectivity index (χ4n) is 1.51. The molecule has 3 amide bonds. The molecule has 1 aliphatic heterocycles. The molecule has 2 rings (SSSR count). The van der Waals surface area contributed by atoms with Crippen LogP contribution in [0.2, 0.25) is 0 Å². The van der Waals surface area contributed by atoms with Crippen molar-refractivity contribution in [3.8, 4) is 5.75 Å². The van der Waals surface area contributed by atoms with Gasteiger partial charge >= 0.3 is 6.03 Å². The normalized spacial score (nSPS) is 14.8. The molecule has 0 saturated carbocycles.